The van der Waals surface area contributed by atoms with Crippen LogP contribution in [0.25, 0.3) is 10.4 Å². The molecule has 1 saturated heterocycles. The first-order chi connectivity index (χ1) is 11.2. The molecule has 0 aliphatic carbocycles. The molecule has 2 rings (SSSR count). The highest BCUT2D eigenvalue weighted by Gasteiger charge is 2.58. The summed E-state index contributed by atoms with van der Waals surface area (Å²) >= 11 is 0. The first-order valence-electron chi connectivity index (χ1n) is 8.65. The maximum atomic E-state index is 8.41. The van der Waals surface area contributed by atoms with Gasteiger partial charge in [-0.05, 0) is 51.6 Å². The van der Waals surface area contributed by atoms with Gasteiger partial charge in [0.2, 0.25) is 0 Å². The van der Waals surface area contributed by atoms with Crippen LogP contribution in [-0.2, 0) is 14.6 Å². The van der Waals surface area contributed by atoms with Gasteiger partial charge in [0.05, 0.1) is 11.2 Å². The van der Waals surface area contributed by atoms with Crippen molar-refractivity contribution in [1.82, 2.24) is 0 Å². The summed E-state index contributed by atoms with van der Waals surface area (Å²) in [5.74, 6) is 0. The molecule has 0 N–H and O–H groups in total. The molecule has 0 saturated carbocycles. The lowest BCUT2D eigenvalue weighted by Crippen LogP contribution is -2.43. The number of hydrogen-bond donors (Lipinski definition) is 0. The second kappa shape index (κ2) is 7.18. The third-order valence-corrected chi connectivity index (χ3v) is 5.47. The van der Waals surface area contributed by atoms with Crippen LogP contribution in [0.2, 0.25) is 0 Å². The Morgan fingerprint density at radius 3 is 2.21 bits per heavy atom. The van der Waals surface area contributed by atoms with Crippen molar-refractivity contribution in [2.24, 2.45) is 5.11 Å². The second-order valence-electron chi connectivity index (χ2n) is 7.78. The van der Waals surface area contributed by atoms with E-state index in [9.17, 15) is 0 Å². The van der Waals surface area contributed by atoms with Crippen molar-refractivity contribution in [3.8, 4) is 0 Å². The molecule has 1 fully saturated rings. The van der Waals surface area contributed by atoms with Crippen LogP contribution in [-0.4, -0.2) is 24.9 Å². The molecule has 130 valence electrons. The van der Waals surface area contributed by atoms with Crippen molar-refractivity contribution in [2.45, 2.75) is 70.4 Å². The quantitative estimate of drug-likeness (QED) is 0.231. The Morgan fingerprint density at radius 1 is 1.08 bits per heavy atom. The van der Waals surface area contributed by atoms with Gasteiger partial charge in [0.1, 0.15) is 0 Å². The fourth-order valence-electron chi connectivity index (χ4n) is 3.04. The molecule has 0 spiro atoms. The topological polar surface area (TPSA) is 67.2 Å². The molecule has 1 aliphatic rings. The van der Waals surface area contributed by atoms with Crippen LogP contribution in [0.3, 0.4) is 0 Å². The molecule has 1 aromatic carbocycles. The van der Waals surface area contributed by atoms with Crippen molar-refractivity contribution in [3.63, 3.8) is 0 Å². The predicted octanol–water partition coefficient (Wildman–Crippen LogP) is 5.06. The molecular formula is C18H28BN3O2. The highest BCUT2D eigenvalue weighted by molar-refractivity contribution is 6.49. The van der Waals surface area contributed by atoms with Crippen LogP contribution in [0.4, 0.5) is 0 Å². The summed E-state index contributed by atoms with van der Waals surface area (Å²) < 4.78 is 12.7. The number of benzene rings is 1. The molecule has 0 amide bonds. The number of rotatable bonds is 7. The molecule has 0 radical (unpaired) electrons. The zero-order valence-electron chi connectivity index (χ0n) is 15.5. The van der Waals surface area contributed by atoms with E-state index in [1.54, 1.807) is 0 Å². The lowest BCUT2D eigenvalue weighted by atomic mass is 9.53. The van der Waals surface area contributed by atoms with Gasteiger partial charge in [0.25, 0.3) is 0 Å². The van der Waals surface area contributed by atoms with Gasteiger partial charge < -0.3 is 9.31 Å². The first kappa shape index (κ1) is 18.8. The van der Waals surface area contributed by atoms with Gasteiger partial charge in [0.15, 0.2) is 0 Å². The van der Waals surface area contributed by atoms with Crippen LogP contribution in [0.5, 0.6) is 0 Å². The molecule has 1 aliphatic heterocycles. The van der Waals surface area contributed by atoms with E-state index in [2.05, 4.69) is 68.9 Å². The number of azide groups is 1. The van der Waals surface area contributed by atoms with Gasteiger partial charge in [-0.15, -0.1) is 0 Å². The Balaban J connectivity index is 2.22. The zero-order valence-corrected chi connectivity index (χ0v) is 15.5. The summed E-state index contributed by atoms with van der Waals surface area (Å²) in [6, 6.07) is 10.4. The SMILES string of the molecule is CC1(C)OB([C@](C)(CCCCN=[N+]=[N-])c2ccccc2)OC1(C)C. The van der Waals surface area contributed by atoms with Crippen molar-refractivity contribution >= 4 is 7.12 Å². The second-order valence-corrected chi connectivity index (χ2v) is 7.78. The van der Waals surface area contributed by atoms with E-state index in [-0.39, 0.29) is 23.6 Å². The van der Waals surface area contributed by atoms with Crippen LogP contribution in [0.1, 0.15) is 59.4 Å². The largest absolute Gasteiger partial charge is 0.468 e. The Morgan fingerprint density at radius 2 is 1.67 bits per heavy atom. The highest BCUT2D eigenvalue weighted by atomic mass is 16.7. The van der Waals surface area contributed by atoms with Gasteiger partial charge >= 0.3 is 7.12 Å². The van der Waals surface area contributed by atoms with Gasteiger partial charge in [-0.3, -0.25) is 0 Å². The minimum absolute atomic E-state index is 0.247. The third-order valence-electron chi connectivity index (χ3n) is 5.47. The summed E-state index contributed by atoms with van der Waals surface area (Å²) in [4.78, 5) is 2.82. The molecule has 0 unspecified atom stereocenters. The average molecular weight is 329 g/mol. The molecule has 6 heteroatoms. The average Bonchev–Trinajstić information content (AvgIpc) is 2.76. The summed E-state index contributed by atoms with van der Waals surface area (Å²) in [6.45, 7) is 11.1. The molecule has 0 aromatic heterocycles. The monoisotopic (exact) mass is 329 g/mol. The lowest BCUT2D eigenvalue weighted by molar-refractivity contribution is 0.00578. The summed E-state index contributed by atoms with van der Waals surface area (Å²) in [6.07, 6.45) is 2.73. The molecule has 5 nitrogen and oxygen atoms in total. The molecule has 24 heavy (non-hydrogen) atoms. The number of nitrogens with zero attached hydrogens (tertiary/aromatic N) is 3. The Bertz CT molecular complexity index is 584. The first-order valence-corrected chi connectivity index (χ1v) is 8.65. The molecule has 1 aromatic rings. The van der Waals surface area contributed by atoms with Crippen molar-refractivity contribution in [3.05, 3.63) is 46.3 Å². The van der Waals surface area contributed by atoms with E-state index in [1.165, 1.54) is 5.56 Å². The number of hydrogen-bond acceptors (Lipinski definition) is 3. The fraction of sp³-hybridized carbons (Fsp3) is 0.667. The van der Waals surface area contributed by atoms with Crippen LogP contribution >= 0.6 is 0 Å². The standard InChI is InChI=1S/C18H28BN3O2/c1-16(2)17(3,4)24-19(23-16)18(5,13-9-10-14-21-22-20)15-11-7-6-8-12-15/h6-8,11-12H,9-10,13-14H2,1-5H3/t18-/m1/s1. The van der Waals surface area contributed by atoms with Gasteiger partial charge in [-0.1, -0.05) is 48.8 Å². The molecular weight excluding hydrogens is 301 g/mol. The van der Waals surface area contributed by atoms with Crippen molar-refractivity contribution in [2.75, 3.05) is 6.54 Å². The smallest absolute Gasteiger partial charge is 0.403 e. The van der Waals surface area contributed by atoms with E-state index < -0.39 is 0 Å². The summed E-state index contributed by atoms with van der Waals surface area (Å²) in [5.41, 5.74) is 8.93. The Labute approximate surface area is 145 Å². The number of unbranched alkanes of at least 4 members (excludes halogenated alkanes) is 1. The molecule has 0 bridgehead atoms. The molecule has 1 atom stereocenters. The van der Waals surface area contributed by atoms with Crippen molar-refractivity contribution in [1.29, 1.82) is 0 Å². The van der Waals surface area contributed by atoms with Gasteiger partial charge in [-0.2, -0.15) is 0 Å². The van der Waals surface area contributed by atoms with E-state index in [0.29, 0.717) is 6.54 Å². The maximum Gasteiger partial charge on any atom is 0.468 e. The van der Waals surface area contributed by atoms with E-state index in [0.717, 1.165) is 19.3 Å². The lowest BCUT2D eigenvalue weighted by Gasteiger charge is -2.32. The zero-order chi connectivity index (χ0) is 17.8. The minimum atomic E-state index is -0.348. The van der Waals surface area contributed by atoms with Gasteiger partial charge in [-0.25, -0.2) is 0 Å². The Hall–Kier alpha value is -1.49. The van der Waals surface area contributed by atoms with E-state index >= 15 is 0 Å². The highest BCUT2D eigenvalue weighted by Crippen LogP contribution is 2.45. The van der Waals surface area contributed by atoms with Crippen LogP contribution in [0.15, 0.2) is 35.4 Å². The maximum absolute atomic E-state index is 8.41. The third kappa shape index (κ3) is 3.77. The summed E-state index contributed by atoms with van der Waals surface area (Å²) in [7, 11) is -0.302. The van der Waals surface area contributed by atoms with Crippen LogP contribution in [0, 0.1) is 0 Å². The van der Waals surface area contributed by atoms with Crippen LogP contribution < -0.4 is 0 Å². The van der Waals surface area contributed by atoms with Crippen molar-refractivity contribution < 1.29 is 9.31 Å². The van der Waals surface area contributed by atoms with E-state index in [4.69, 9.17) is 14.8 Å². The van der Waals surface area contributed by atoms with E-state index in [1.807, 2.05) is 6.07 Å². The Kier molecular flexibility index (Phi) is 5.64. The minimum Gasteiger partial charge on any atom is -0.403 e. The predicted molar refractivity (Wildman–Crippen MR) is 97.7 cm³/mol. The molecule has 1 heterocycles. The normalized spacial score (nSPS) is 21.1. The summed E-state index contributed by atoms with van der Waals surface area (Å²) in [5, 5.41) is 3.38. The van der Waals surface area contributed by atoms with Gasteiger partial charge in [0, 0.05) is 16.8 Å². The fourth-order valence-corrected chi connectivity index (χ4v) is 3.04.